The molecule has 0 aliphatic heterocycles. The van der Waals surface area contributed by atoms with Gasteiger partial charge in [-0.3, -0.25) is 0 Å². The molecule has 2 rings (SSSR count). The van der Waals surface area contributed by atoms with Crippen molar-refractivity contribution in [2.75, 3.05) is 0 Å². The van der Waals surface area contributed by atoms with Crippen molar-refractivity contribution >= 4 is 7.69 Å². The molecule has 0 unspecified atom stereocenters. The zero-order chi connectivity index (χ0) is 13.8. The quantitative estimate of drug-likeness (QED) is 0.483. The molecule has 0 radical (unpaired) electrons. The lowest BCUT2D eigenvalue weighted by atomic mass is 10.3. The minimum atomic E-state index is -1.17. The summed E-state index contributed by atoms with van der Waals surface area (Å²) in [5, 5.41) is 0. The van der Waals surface area contributed by atoms with E-state index in [-0.39, 0.29) is 11.5 Å². The number of pyridine rings is 2. The van der Waals surface area contributed by atoms with Crippen LogP contribution < -0.4 is 9.31 Å². The van der Waals surface area contributed by atoms with Gasteiger partial charge in [-0.1, -0.05) is 0 Å². The summed E-state index contributed by atoms with van der Waals surface area (Å²) in [7, 11) is -0.575. The molecule has 4 nitrogen and oxygen atoms in total. The van der Waals surface area contributed by atoms with E-state index in [0.717, 1.165) is 24.3 Å². The number of halogens is 4. The van der Waals surface area contributed by atoms with Gasteiger partial charge in [-0.25, -0.2) is 0 Å². The van der Waals surface area contributed by atoms with Crippen LogP contribution in [0, 0.1) is 23.8 Å². The molecule has 19 heavy (non-hydrogen) atoms. The summed E-state index contributed by atoms with van der Waals surface area (Å²) in [6, 6.07) is 3.78. The third-order valence-corrected chi connectivity index (χ3v) is 1.99. The zero-order valence-electron chi connectivity index (χ0n) is 9.24. The van der Waals surface area contributed by atoms with Crippen LogP contribution in [-0.4, -0.2) is 17.7 Å². The van der Waals surface area contributed by atoms with Crippen LogP contribution in [0.15, 0.2) is 24.3 Å². The fourth-order valence-electron chi connectivity index (χ4n) is 1.17. The van der Waals surface area contributed by atoms with E-state index in [1.54, 1.807) is 0 Å². The molecule has 0 N–H and O–H groups in total. The highest BCUT2D eigenvalue weighted by molar-refractivity contribution is 6.20. The molecule has 98 valence electrons. The van der Waals surface area contributed by atoms with Crippen molar-refractivity contribution in [1.29, 1.82) is 0 Å². The predicted octanol–water partition coefficient (Wildman–Crippen LogP) is 1.76. The van der Waals surface area contributed by atoms with Crippen LogP contribution in [0.5, 0.6) is 11.5 Å². The Bertz CT molecular complexity index is 548. The molecule has 2 aromatic heterocycles. The minimum absolute atomic E-state index is 0.364. The van der Waals surface area contributed by atoms with Gasteiger partial charge in [-0.2, -0.15) is 27.5 Å². The van der Waals surface area contributed by atoms with Gasteiger partial charge in [0.15, 0.2) is 11.5 Å². The lowest BCUT2D eigenvalue weighted by molar-refractivity contribution is 0.398. The highest BCUT2D eigenvalue weighted by Crippen LogP contribution is 2.16. The fraction of sp³-hybridized carbons (Fsp3) is 0. The van der Waals surface area contributed by atoms with Gasteiger partial charge >= 0.3 is 7.69 Å². The van der Waals surface area contributed by atoms with Crippen molar-refractivity contribution in [1.82, 2.24) is 9.97 Å². The smallest absolute Gasteiger partial charge is 0.525 e. The average molecular weight is 272 g/mol. The normalized spacial score (nSPS) is 10.1. The SMILES string of the molecule is Fc1ccc(OBOc2ccc(F)nc2F)c(F)n1. The molecule has 0 amide bonds. The van der Waals surface area contributed by atoms with Crippen molar-refractivity contribution < 1.29 is 26.9 Å². The Balaban J connectivity index is 1.96. The second-order valence-corrected chi connectivity index (χ2v) is 3.25. The molecule has 2 aromatic rings. The summed E-state index contributed by atoms with van der Waals surface area (Å²) in [6.07, 6.45) is 0. The average Bonchev–Trinajstić information content (AvgIpc) is 2.34. The van der Waals surface area contributed by atoms with Crippen LogP contribution in [-0.2, 0) is 0 Å². The lowest BCUT2D eigenvalue weighted by Gasteiger charge is -2.07. The maximum absolute atomic E-state index is 13.0. The standard InChI is InChI=1S/C10H5BF4N2O2/c12-7-3-1-5(9(14)16-7)18-11-19-6-2-4-8(13)17-10(6)15/h1-4,11H. The summed E-state index contributed by atoms with van der Waals surface area (Å²) in [6.45, 7) is 0. The van der Waals surface area contributed by atoms with E-state index in [9.17, 15) is 17.6 Å². The summed E-state index contributed by atoms with van der Waals surface area (Å²) >= 11 is 0. The van der Waals surface area contributed by atoms with Crippen LogP contribution in [0.4, 0.5) is 17.6 Å². The van der Waals surface area contributed by atoms with Crippen LogP contribution in [0.1, 0.15) is 0 Å². The summed E-state index contributed by atoms with van der Waals surface area (Å²) < 4.78 is 60.6. The maximum Gasteiger partial charge on any atom is 0.576 e. The molecule has 0 atom stereocenters. The van der Waals surface area contributed by atoms with Crippen LogP contribution >= 0.6 is 0 Å². The Morgan fingerprint density at radius 3 is 1.53 bits per heavy atom. The Labute approximate surface area is 105 Å². The third kappa shape index (κ3) is 3.33. The van der Waals surface area contributed by atoms with E-state index in [1.165, 1.54) is 0 Å². The van der Waals surface area contributed by atoms with Gasteiger partial charge in [0.2, 0.25) is 11.9 Å². The Morgan fingerprint density at radius 2 is 1.16 bits per heavy atom. The van der Waals surface area contributed by atoms with Crippen molar-refractivity contribution in [3.63, 3.8) is 0 Å². The third-order valence-electron chi connectivity index (χ3n) is 1.99. The Hall–Kier alpha value is -2.32. The van der Waals surface area contributed by atoms with Gasteiger partial charge in [0.05, 0.1) is 0 Å². The van der Waals surface area contributed by atoms with Gasteiger partial charge < -0.3 is 9.31 Å². The van der Waals surface area contributed by atoms with Crippen LogP contribution in [0.25, 0.3) is 0 Å². The number of hydrogen-bond donors (Lipinski definition) is 0. The molecule has 0 fully saturated rings. The molecule has 0 saturated heterocycles. The van der Waals surface area contributed by atoms with Crippen molar-refractivity contribution in [3.05, 3.63) is 48.1 Å². The minimum Gasteiger partial charge on any atom is -0.525 e. The lowest BCUT2D eigenvalue weighted by Crippen LogP contribution is -2.13. The van der Waals surface area contributed by atoms with E-state index < -0.39 is 31.5 Å². The van der Waals surface area contributed by atoms with Crippen LogP contribution in [0.3, 0.4) is 0 Å². The number of aromatic nitrogens is 2. The van der Waals surface area contributed by atoms with Gasteiger partial charge in [0, 0.05) is 0 Å². The molecular formula is C10H5BF4N2O2. The maximum atomic E-state index is 13.0. The Morgan fingerprint density at radius 1 is 0.737 bits per heavy atom. The highest BCUT2D eigenvalue weighted by Gasteiger charge is 2.11. The molecule has 0 aromatic carbocycles. The molecule has 2 heterocycles. The molecule has 0 spiro atoms. The van der Waals surface area contributed by atoms with E-state index >= 15 is 0 Å². The summed E-state index contributed by atoms with van der Waals surface area (Å²) in [4.78, 5) is 5.76. The summed E-state index contributed by atoms with van der Waals surface area (Å²) in [5.74, 6) is -5.06. The van der Waals surface area contributed by atoms with E-state index in [4.69, 9.17) is 9.31 Å². The topological polar surface area (TPSA) is 44.2 Å². The van der Waals surface area contributed by atoms with Crippen LogP contribution in [0.2, 0.25) is 0 Å². The molecule has 0 saturated carbocycles. The first kappa shape index (κ1) is 13.1. The molecule has 0 bridgehead atoms. The fourth-order valence-corrected chi connectivity index (χ4v) is 1.17. The van der Waals surface area contributed by atoms with E-state index in [1.807, 2.05) is 0 Å². The first-order chi connectivity index (χ1) is 9.06. The summed E-state index contributed by atoms with van der Waals surface area (Å²) in [5.41, 5.74) is 0. The second kappa shape index (κ2) is 5.55. The molecule has 0 aliphatic rings. The number of nitrogens with zero attached hydrogens (tertiary/aromatic N) is 2. The van der Waals surface area contributed by atoms with Crippen molar-refractivity contribution in [3.8, 4) is 11.5 Å². The number of rotatable bonds is 4. The Kier molecular flexibility index (Phi) is 3.83. The predicted molar refractivity (Wildman–Crippen MR) is 56.7 cm³/mol. The van der Waals surface area contributed by atoms with E-state index in [0.29, 0.717) is 0 Å². The highest BCUT2D eigenvalue weighted by atomic mass is 19.1. The zero-order valence-corrected chi connectivity index (χ0v) is 9.24. The second-order valence-electron chi connectivity index (χ2n) is 3.25. The van der Waals surface area contributed by atoms with Gasteiger partial charge in [-0.15, -0.1) is 0 Å². The monoisotopic (exact) mass is 272 g/mol. The van der Waals surface area contributed by atoms with E-state index in [2.05, 4.69) is 9.97 Å². The molecule has 9 heteroatoms. The van der Waals surface area contributed by atoms with Gasteiger partial charge in [0.1, 0.15) is 0 Å². The molecule has 0 aliphatic carbocycles. The first-order valence-corrected chi connectivity index (χ1v) is 4.96. The van der Waals surface area contributed by atoms with Crippen molar-refractivity contribution in [2.24, 2.45) is 0 Å². The largest absolute Gasteiger partial charge is 0.576 e. The van der Waals surface area contributed by atoms with Gasteiger partial charge in [0.25, 0.3) is 11.9 Å². The van der Waals surface area contributed by atoms with Crippen molar-refractivity contribution in [2.45, 2.75) is 0 Å². The number of hydrogen-bond acceptors (Lipinski definition) is 4. The first-order valence-electron chi connectivity index (χ1n) is 4.96. The molecular weight excluding hydrogens is 267 g/mol. The van der Waals surface area contributed by atoms with Gasteiger partial charge in [-0.05, 0) is 24.3 Å².